The third-order valence-corrected chi connectivity index (χ3v) is 0. The molecule has 0 amide bonds. The molecule has 7 heteroatoms. The maximum Gasteiger partial charge on any atom is 0 e. The van der Waals surface area contributed by atoms with Crippen molar-refractivity contribution < 1.29 is 82.4 Å². The van der Waals surface area contributed by atoms with Gasteiger partial charge in [0.15, 0.2) is 0 Å². The van der Waals surface area contributed by atoms with Gasteiger partial charge in [-0.2, -0.15) is 0 Å². The van der Waals surface area contributed by atoms with Crippen LogP contribution < -0.4 is 51.3 Å². The Morgan fingerprint density at radius 2 is 0.429 bits per heavy atom. The molecule has 0 aromatic carbocycles. The van der Waals surface area contributed by atoms with Gasteiger partial charge in [-0.3, -0.25) is 0 Å². The molecule has 7 heavy (non-hydrogen) atoms. The molecule has 0 atom stereocenters. The van der Waals surface area contributed by atoms with Crippen LogP contribution in [0.5, 0.6) is 0 Å². The molecule has 0 heterocycles. The Labute approximate surface area is 81.9 Å². The van der Waals surface area contributed by atoms with Gasteiger partial charge < -0.3 is 51.3 Å². The summed E-state index contributed by atoms with van der Waals surface area (Å²) in [6.07, 6.45) is 0. The molecule has 0 aliphatic heterocycles. The Hall–Kier alpha value is 1.71. The summed E-state index contributed by atoms with van der Waals surface area (Å²) in [6, 6.07) is 0. The van der Waals surface area contributed by atoms with Crippen LogP contribution in [0, 0.1) is 31.1 Å². The SMILES string of the molecule is [Cl-].[Cl-].[Cl-].[F-].[F-].[F-].[U]. The van der Waals surface area contributed by atoms with E-state index in [9.17, 15) is 0 Å². The van der Waals surface area contributed by atoms with E-state index in [1.165, 1.54) is 0 Å². The predicted molar refractivity (Wildman–Crippen MR) is 0 cm³/mol. The number of hydrogen-bond acceptors (Lipinski definition) is 0. The van der Waals surface area contributed by atoms with Crippen molar-refractivity contribution in [2.45, 2.75) is 0 Å². The minimum Gasteiger partial charge on any atom is -1.00 e. The fourth-order valence-corrected chi connectivity index (χ4v) is 0. The Bertz CT molecular complexity index is 10.1. The summed E-state index contributed by atoms with van der Waals surface area (Å²) >= 11 is 0. The van der Waals surface area contributed by atoms with E-state index in [0.717, 1.165) is 0 Å². The monoisotopic (exact) mass is 400 g/mol. The van der Waals surface area contributed by atoms with Crippen LogP contribution in [0.15, 0.2) is 0 Å². The van der Waals surface area contributed by atoms with Crippen LogP contribution in [0.4, 0.5) is 0 Å². The average Bonchev–Trinajstić information content (AvgIpc) is 0. The molecule has 0 bridgehead atoms. The first-order valence-corrected chi connectivity index (χ1v) is 0. The van der Waals surface area contributed by atoms with Crippen molar-refractivity contribution in [2.24, 2.45) is 0 Å². The second kappa shape index (κ2) is 119. The van der Waals surface area contributed by atoms with E-state index >= 15 is 0 Å². The summed E-state index contributed by atoms with van der Waals surface area (Å²) in [5, 5.41) is 0. The van der Waals surface area contributed by atoms with Crippen molar-refractivity contribution in [3.8, 4) is 0 Å². The van der Waals surface area contributed by atoms with Gasteiger partial charge >= 0.3 is 0 Å². The quantitative estimate of drug-likeness (QED) is 0.378. The van der Waals surface area contributed by atoms with Crippen LogP contribution in [-0.4, -0.2) is 0 Å². The maximum atomic E-state index is 0. The molecule has 0 saturated heterocycles. The molecule has 0 spiro atoms. The topological polar surface area (TPSA) is 0 Å². The molecular weight excluding hydrogens is 401 g/mol. The predicted octanol–water partition coefficient (Wildman–Crippen LogP) is -18.0. The third-order valence-electron chi connectivity index (χ3n) is 0. The van der Waals surface area contributed by atoms with Gasteiger partial charge in [0.1, 0.15) is 0 Å². The van der Waals surface area contributed by atoms with E-state index < -0.39 is 0 Å². The first-order valence-electron chi connectivity index (χ1n) is 0. The standard InChI is InChI=1S/3ClH.3FH.U/h6*1H;/p-6. The van der Waals surface area contributed by atoms with Gasteiger partial charge in [0.2, 0.25) is 0 Å². The molecule has 0 aromatic rings. The van der Waals surface area contributed by atoms with Crippen molar-refractivity contribution in [2.75, 3.05) is 0 Å². The van der Waals surface area contributed by atoms with E-state index in [0.29, 0.717) is 0 Å². The normalized spacial score (nSPS) is 0. The van der Waals surface area contributed by atoms with Crippen molar-refractivity contribution in [1.29, 1.82) is 0 Å². The molecule has 0 saturated carbocycles. The van der Waals surface area contributed by atoms with E-state index in [1.54, 1.807) is 0 Å². The van der Waals surface area contributed by atoms with Crippen LogP contribution in [0.2, 0.25) is 0 Å². The second-order valence-electron chi connectivity index (χ2n) is 0. The Balaban J connectivity index is 0. The first-order chi connectivity index (χ1) is 0. The van der Waals surface area contributed by atoms with E-state index in [2.05, 4.69) is 0 Å². The Kier molecular flexibility index (Phi) is 2990. The molecule has 0 aliphatic rings. The van der Waals surface area contributed by atoms with Crippen LogP contribution in [0.3, 0.4) is 0 Å². The van der Waals surface area contributed by atoms with Crippen molar-refractivity contribution in [1.82, 2.24) is 0 Å². The zero-order chi connectivity index (χ0) is 0. The summed E-state index contributed by atoms with van der Waals surface area (Å²) in [4.78, 5) is 0. The Morgan fingerprint density at radius 3 is 0.429 bits per heavy atom. The summed E-state index contributed by atoms with van der Waals surface area (Å²) in [7, 11) is 0. The minimum absolute atomic E-state index is 0. The van der Waals surface area contributed by atoms with Gasteiger partial charge in [-0.25, -0.2) is 0 Å². The average molecular weight is 401 g/mol. The van der Waals surface area contributed by atoms with Crippen molar-refractivity contribution >= 4 is 0 Å². The van der Waals surface area contributed by atoms with Gasteiger partial charge in [0, 0.05) is 31.1 Å². The molecule has 0 rings (SSSR count). The number of halogens is 6. The zero-order valence-corrected chi connectivity index (χ0v) is 9.20. The Morgan fingerprint density at radius 1 is 0.429 bits per heavy atom. The molecular formula is Cl3F3U-6. The van der Waals surface area contributed by atoms with Crippen LogP contribution >= 0.6 is 0 Å². The van der Waals surface area contributed by atoms with Crippen LogP contribution in [-0.2, 0) is 0 Å². The van der Waals surface area contributed by atoms with Crippen molar-refractivity contribution in [3.05, 3.63) is 0 Å². The third kappa shape index (κ3) is 85.9. The number of hydrogen-bond donors (Lipinski definition) is 0. The summed E-state index contributed by atoms with van der Waals surface area (Å²) in [6.45, 7) is 0. The van der Waals surface area contributed by atoms with Gasteiger partial charge in [0.05, 0.1) is 0 Å². The molecule has 0 radical (unpaired) electrons. The van der Waals surface area contributed by atoms with Crippen molar-refractivity contribution in [3.63, 3.8) is 0 Å². The molecule has 0 aromatic heterocycles. The molecule has 0 nitrogen and oxygen atoms in total. The largest absolute Gasteiger partial charge is 1.00 e. The van der Waals surface area contributed by atoms with E-state index in [4.69, 9.17) is 0 Å². The fraction of sp³-hybridized carbons (Fsp3) is 0. The van der Waals surface area contributed by atoms with Gasteiger partial charge in [-0.05, 0) is 0 Å². The molecule has 0 N–H and O–H groups in total. The smallest absolute Gasteiger partial charge is 0 e. The number of rotatable bonds is 0. The maximum absolute atomic E-state index is 0. The zero-order valence-electron chi connectivity index (χ0n) is 2.77. The van der Waals surface area contributed by atoms with Crippen LogP contribution in [0.25, 0.3) is 0 Å². The fourth-order valence-electron chi connectivity index (χ4n) is 0. The molecule has 0 unspecified atom stereocenters. The van der Waals surface area contributed by atoms with Gasteiger partial charge in [-0.15, -0.1) is 0 Å². The molecule has 0 fully saturated rings. The van der Waals surface area contributed by atoms with Gasteiger partial charge in [-0.1, -0.05) is 0 Å². The summed E-state index contributed by atoms with van der Waals surface area (Å²) in [5.41, 5.74) is 0. The van der Waals surface area contributed by atoms with Crippen LogP contribution in [0.1, 0.15) is 0 Å². The van der Waals surface area contributed by atoms with E-state index in [-0.39, 0.29) is 82.4 Å². The van der Waals surface area contributed by atoms with Gasteiger partial charge in [0.25, 0.3) is 0 Å². The molecule has 0 aliphatic carbocycles. The summed E-state index contributed by atoms with van der Waals surface area (Å²) in [5.74, 6) is 0. The van der Waals surface area contributed by atoms with E-state index in [1.807, 2.05) is 0 Å². The second-order valence-corrected chi connectivity index (χ2v) is 0. The minimum atomic E-state index is 0. The summed E-state index contributed by atoms with van der Waals surface area (Å²) < 4.78 is 0. The molecule has 52 valence electrons. The first kappa shape index (κ1) is 177.